The maximum atomic E-state index is 5.80. The SMILES string of the molecule is CCO[PH+](NC(=Nc1c(C)cccc1C)c1ccc(C(C)(C)C)cc1)OCC.[CH-]1CCCO1.[Cl][Cr+]([Cl])[Cl]. The summed E-state index contributed by atoms with van der Waals surface area (Å²) >= 11 is -1.62. The Morgan fingerprint density at radius 3 is 1.95 bits per heavy atom. The standard InChI is InChI=1S/C23H33N2O2P.C4H7O.3ClH.Cr/c1-8-26-28(27-9-2)25-22(24-21-17(3)11-10-12-18(21)4)19-13-15-20(16-14-19)23(5,6)7;1-2-4-5-3-1;;;;/h10-16H,8-9H2,1-7H3,(H,24,25);3H,1-2,4H2;3*1H;/q;-1;;;;+4/p-2. The van der Waals surface area contributed by atoms with Crippen molar-refractivity contribution >= 4 is 50.2 Å². The zero-order valence-electron chi connectivity index (χ0n) is 22.9. The Labute approximate surface area is 242 Å². The molecule has 1 saturated heterocycles. The molecule has 0 amide bonds. The van der Waals surface area contributed by atoms with Gasteiger partial charge in [-0.3, -0.25) is 0 Å². The summed E-state index contributed by atoms with van der Waals surface area (Å²) < 4.78 is 16.4. The van der Waals surface area contributed by atoms with E-state index in [4.69, 9.17) is 48.9 Å². The fourth-order valence-corrected chi connectivity index (χ4v) is 4.42. The first-order chi connectivity index (χ1) is 17.5. The Kier molecular flexibility index (Phi) is 17.6. The summed E-state index contributed by atoms with van der Waals surface area (Å²) in [7, 11) is 13.1. The number of rotatable bonds is 7. The number of ether oxygens (including phenoxy) is 1. The van der Waals surface area contributed by atoms with Crippen LogP contribution >= 0.6 is 38.7 Å². The summed E-state index contributed by atoms with van der Waals surface area (Å²) in [6, 6.07) is 14.8. The molecule has 0 bridgehead atoms. The van der Waals surface area contributed by atoms with Crippen LogP contribution in [0.3, 0.4) is 0 Å². The third kappa shape index (κ3) is 14.5. The molecule has 0 aromatic heterocycles. The van der Waals surface area contributed by atoms with Gasteiger partial charge in [-0.05, 0) is 49.8 Å². The van der Waals surface area contributed by atoms with Crippen LogP contribution in [0.1, 0.15) is 69.7 Å². The number of aliphatic imine (C=N–C) groups is 1. The van der Waals surface area contributed by atoms with Crippen LogP contribution in [-0.2, 0) is 30.6 Å². The van der Waals surface area contributed by atoms with Crippen molar-refractivity contribution in [2.45, 2.75) is 66.7 Å². The van der Waals surface area contributed by atoms with Crippen LogP contribution < -0.4 is 5.09 Å². The Balaban J connectivity index is 0.000000642. The minimum atomic E-state index is -1.66. The van der Waals surface area contributed by atoms with Crippen LogP contribution in [0.5, 0.6) is 0 Å². The quantitative estimate of drug-likeness (QED) is 0.143. The van der Waals surface area contributed by atoms with Crippen molar-refractivity contribution in [3.05, 3.63) is 71.3 Å². The van der Waals surface area contributed by atoms with E-state index in [0.717, 1.165) is 41.2 Å². The van der Waals surface area contributed by atoms with E-state index in [-0.39, 0.29) is 5.41 Å². The summed E-state index contributed by atoms with van der Waals surface area (Å²) in [6.45, 7) is 18.8. The van der Waals surface area contributed by atoms with Gasteiger partial charge in [0.1, 0.15) is 0 Å². The fourth-order valence-electron chi connectivity index (χ4n) is 3.28. The molecule has 0 spiro atoms. The van der Waals surface area contributed by atoms with E-state index in [1.54, 1.807) is 0 Å². The Morgan fingerprint density at radius 2 is 1.57 bits per heavy atom. The Bertz CT molecular complexity index is 901. The number of aryl methyl sites for hydroxylation is 2. The molecule has 208 valence electrons. The van der Waals surface area contributed by atoms with Crippen LogP contribution in [0, 0.1) is 20.5 Å². The van der Waals surface area contributed by atoms with E-state index in [0.29, 0.717) is 13.2 Å². The van der Waals surface area contributed by atoms with E-state index in [9.17, 15) is 0 Å². The van der Waals surface area contributed by atoms with E-state index in [1.807, 2.05) is 20.5 Å². The number of hydrogen-bond acceptors (Lipinski definition) is 4. The van der Waals surface area contributed by atoms with Crippen LogP contribution in [0.4, 0.5) is 5.69 Å². The topological polar surface area (TPSA) is 52.1 Å². The van der Waals surface area contributed by atoms with Crippen molar-refractivity contribution in [2.75, 3.05) is 19.8 Å². The maximum absolute atomic E-state index is 5.80. The molecule has 2 aromatic rings. The van der Waals surface area contributed by atoms with Gasteiger partial charge < -0.3 is 4.74 Å². The molecule has 2 aromatic carbocycles. The molecule has 3 rings (SSSR count). The van der Waals surface area contributed by atoms with Crippen molar-refractivity contribution < 1.29 is 25.2 Å². The van der Waals surface area contributed by atoms with Gasteiger partial charge in [-0.15, -0.1) is 0 Å². The summed E-state index contributed by atoms with van der Waals surface area (Å²) in [6.07, 6.45) is 2.38. The first-order valence-corrected chi connectivity index (χ1v) is 18.9. The van der Waals surface area contributed by atoms with Gasteiger partial charge in [-0.25, -0.2) is 11.6 Å². The van der Waals surface area contributed by atoms with Crippen LogP contribution in [-0.4, -0.2) is 25.7 Å². The molecule has 1 N–H and O–H groups in total. The molecular formula is C27H41Cl3CrN2O3P+. The monoisotopic (exact) mass is 629 g/mol. The molecule has 1 aliphatic rings. The molecule has 10 heteroatoms. The average Bonchev–Trinajstić information content (AvgIpc) is 3.41. The van der Waals surface area contributed by atoms with Crippen molar-refractivity contribution in [1.82, 2.24) is 5.09 Å². The molecule has 5 nitrogen and oxygen atoms in total. The molecule has 0 atom stereocenters. The Hall–Kier alpha value is -0.378. The second-order valence-corrected chi connectivity index (χ2v) is 16.9. The molecule has 37 heavy (non-hydrogen) atoms. The number of nitrogens with one attached hydrogen (secondary N) is 1. The van der Waals surface area contributed by atoms with Gasteiger partial charge in [0.25, 0.3) is 0 Å². The predicted octanol–water partition coefficient (Wildman–Crippen LogP) is 9.33. The molecule has 0 radical (unpaired) electrons. The molecule has 1 fully saturated rings. The van der Waals surface area contributed by atoms with Gasteiger partial charge in [0.2, 0.25) is 0 Å². The third-order valence-electron chi connectivity index (χ3n) is 5.16. The molecular weight excluding hydrogens is 590 g/mol. The van der Waals surface area contributed by atoms with Gasteiger partial charge in [0.05, 0.1) is 18.9 Å². The molecule has 0 unspecified atom stereocenters. The minimum absolute atomic E-state index is 0.113. The first kappa shape index (κ1) is 34.6. The van der Waals surface area contributed by atoms with Crippen LogP contribution in [0.15, 0.2) is 47.5 Å². The summed E-state index contributed by atoms with van der Waals surface area (Å²) in [5.41, 5.74) is 5.71. The molecule has 1 heterocycles. The summed E-state index contributed by atoms with van der Waals surface area (Å²) in [4.78, 5) is 5.00. The summed E-state index contributed by atoms with van der Waals surface area (Å²) in [5, 5.41) is 3.44. The molecule has 0 saturated carbocycles. The molecule has 0 aliphatic carbocycles. The predicted molar refractivity (Wildman–Crippen MR) is 159 cm³/mol. The fraction of sp³-hybridized carbons (Fsp3) is 0.481. The van der Waals surface area contributed by atoms with Crippen molar-refractivity contribution in [1.29, 1.82) is 0 Å². The Morgan fingerprint density at radius 1 is 1.03 bits per heavy atom. The van der Waals surface area contributed by atoms with Crippen molar-refractivity contribution in [3.63, 3.8) is 0 Å². The van der Waals surface area contributed by atoms with Gasteiger partial charge in [-0.1, -0.05) is 69.7 Å². The van der Waals surface area contributed by atoms with Crippen molar-refractivity contribution in [2.24, 2.45) is 4.99 Å². The number of hydrogen-bond donors (Lipinski definition) is 1. The van der Waals surface area contributed by atoms with Gasteiger partial charge in [-0.2, -0.15) is 20.6 Å². The number of halogens is 3. The molecule has 1 aliphatic heterocycles. The zero-order valence-corrected chi connectivity index (χ0v) is 27.4. The van der Waals surface area contributed by atoms with E-state index < -0.39 is 19.9 Å². The van der Waals surface area contributed by atoms with Crippen molar-refractivity contribution in [3.8, 4) is 0 Å². The van der Waals surface area contributed by atoms with Gasteiger partial charge >= 0.3 is 50.1 Å². The number of para-hydroxylation sites is 1. The zero-order chi connectivity index (χ0) is 27.8. The second-order valence-electron chi connectivity index (χ2n) is 9.16. The number of amidine groups is 1. The normalized spacial score (nSPS) is 13.7. The van der Waals surface area contributed by atoms with Crippen LogP contribution in [0.2, 0.25) is 0 Å². The van der Waals surface area contributed by atoms with Gasteiger partial charge in [0.15, 0.2) is 5.84 Å². The van der Waals surface area contributed by atoms with E-state index in [1.165, 1.54) is 12.0 Å². The first-order valence-electron chi connectivity index (χ1n) is 12.3. The van der Waals surface area contributed by atoms with Crippen LogP contribution in [0.25, 0.3) is 0 Å². The van der Waals surface area contributed by atoms with Gasteiger partial charge in [0, 0.05) is 12.2 Å². The third-order valence-corrected chi connectivity index (χ3v) is 6.70. The van der Waals surface area contributed by atoms with E-state index >= 15 is 0 Å². The number of benzene rings is 2. The summed E-state index contributed by atoms with van der Waals surface area (Å²) in [5.74, 6) is 0.786. The number of nitrogens with zero attached hydrogens (tertiary/aromatic N) is 1. The van der Waals surface area contributed by atoms with E-state index in [2.05, 4.69) is 82.2 Å². The second kappa shape index (κ2) is 18.8. The average molecular weight is 631 g/mol.